The molecule has 176 valence electrons. The Morgan fingerprint density at radius 1 is 1.25 bits per heavy atom. The van der Waals surface area contributed by atoms with Crippen LogP contribution in [0.3, 0.4) is 0 Å². The smallest absolute Gasteiger partial charge is 0.341 e. The maximum atomic E-state index is 12.4. The van der Waals surface area contributed by atoms with E-state index in [4.69, 9.17) is 49.0 Å². The molecule has 1 N–H and O–H groups in total. The first-order valence-electron chi connectivity index (χ1n) is 9.99. The average molecular weight is 507 g/mol. The van der Waals surface area contributed by atoms with E-state index in [-0.39, 0.29) is 36.4 Å². The Labute approximate surface area is 202 Å². The Bertz CT molecular complexity index is 950. The van der Waals surface area contributed by atoms with Crippen molar-refractivity contribution in [2.75, 3.05) is 12.4 Å². The molecule has 10 heteroatoms. The Balaban J connectivity index is 2.43. The number of methoxy groups -OCH3 is 1. The van der Waals surface area contributed by atoms with Crippen LogP contribution in [0.5, 0.6) is 5.75 Å². The first-order valence-corrected chi connectivity index (χ1v) is 11.1. The summed E-state index contributed by atoms with van der Waals surface area (Å²) in [7, 11) is 1.49. The number of amides is 1. The Morgan fingerprint density at radius 2 is 1.91 bits per heavy atom. The van der Waals surface area contributed by atoms with Gasteiger partial charge in [0.15, 0.2) is 0 Å². The fraction of sp³-hybridized carbons (Fsp3) is 0.500. The van der Waals surface area contributed by atoms with Crippen LogP contribution in [0.25, 0.3) is 0 Å². The average Bonchev–Trinajstić information content (AvgIpc) is 3.07. The van der Waals surface area contributed by atoms with Gasteiger partial charge in [0.05, 0.1) is 24.5 Å². The van der Waals surface area contributed by atoms with Gasteiger partial charge in [0.1, 0.15) is 12.4 Å². The molecule has 0 atom stereocenters. The second-order valence-electron chi connectivity index (χ2n) is 7.69. The van der Waals surface area contributed by atoms with E-state index < -0.39 is 15.7 Å². The van der Waals surface area contributed by atoms with E-state index in [1.807, 2.05) is 19.9 Å². The van der Waals surface area contributed by atoms with Crippen LogP contribution in [0.4, 0.5) is 5.69 Å². The van der Waals surface area contributed by atoms with Gasteiger partial charge in [-0.3, -0.25) is 9.59 Å². The quantitative estimate of drug-likeness (QED) is 0.296. The summed E-state index contributed by atoms with van der Waals surface area (Å²) in [6.07, 6.45) is 2.75. The van der Waals surface area contributed by atoms with E-state index in [2.05, 4.69) is 5.32 Å². The minimum Gasteiger partial charge on any atom is -0.496 e. The number of halogens is 3. The zero-order valence-corrected chi connectivity index (χ0v) is 20.8. The van der Waals surface area contributed by atoms with Crippen molar-refractivity contribution in [3.8, 4) is 5.75 Å². The number of fused-ring (bicyclic) bond motifs is 1. The van der Waals surface area contributed by atoms with Gasteiger partial charge in [-0.25, -0.2) is 4.79 Å². The lowest BCUT2D eigenvalue weighted by Crippen LogP contribution is -2.28. The van der Waals surface area contributed by atoms with Crippen molar-refractivity contribution in [1.82, 2.24) is 0 Å². The molecule has 2 rings (SSSR count). The monoisotopic (exact) mass is 505 g/mol. The summed E-state index contributed by atoms with van der Waals surface area (Å²) < 4.78 is 13.7. The summed E-state index contributed by atoms with van der Waals surface area (Å²) in [6, 6.07) is 0. The summed E-state index contributed by atoms with van der Waals surface area (Å²) >= 11 is 17.2. The molecule has 1 aromatic rings. The van der Waals surface area contributed by atoms with Crippen LogP contribution in [-0.4, -0.2) is 34.9 Å². The van der Waals surface area contributed by atoms with Gasteiger partial charge in [-0.15, -0.1) is 0 Å². The number of allylic oxidation sites excluding steroid dienone is 2. The molecule has 0 radical (unpaired) electrons. The molecule has 1 amide bonds. The number of hydrogen-bond donors (Lipinski definition) is 1. The fourth-order valence-corrected chi connectivity index (χ4v) is 3.52. The molecule has 1 aliphatic heterocycles. The summed E-state index contributed by atoms with van der Waals surface area (Å²) in [5.74, 6) is -1.28. The molecule has 0 spiro atoms. The number of cyclic esters (lactones) is 1. The van der Waals surface area contributed by atoms with Gasteiger partial charge in [0, 0.05) is 17.5 Å². The van der Waals surface area contributed by atoms with Crippen molar-refractivity contribution in [3.63, 3.8) is 0 Å². The molecule has 0 unspecified atom stereocenters. The largest absolute Gasteiger partial charge is 0.496 e. The van der Waals surface area contributed by atoms with Crippen LogP contribution in [-0.2, 0) is 32.1 Å². The normalized spacial score (nSPS) is 13.7. The van der Waals surface area contributed by atoms with Crippen molar-refractivity contribution in [2.24, 2.45) is 0 Å². The standard InChI is InChI=1S/C22H26Cl3NO6/c1-11(2)32-16(27)9-7-12(3)6-8-14-18(26-21(29)22(23,24)25)17-15(10-31-20(17)28)13(4)19(14)30-5/h6,11H,7-10H2,1-5H3,(H,26,29)/b12-6+. The van der Waals surface area contributed by atoms with Gasteiger partial charge in [-0.1, -0.05) is 46.5 Å². The molecule has 0 aromatic heterocycles. The highest BCUT2D eigenvalue weighted by atomic mass is 35.6. The highest BCUT2D eigenvalue weighted by Gasteiger charge is 2.36. The van der Waals surface area contributed by atoms with Gasteiger partial charge in [-0.05, 0) is 46.1 Å². The van der Waals surface area contributed by atoms with Crippen LogP contribution >= 0.6 is 34.8 Å². The molecular formula is C22H26Cl3NO6. The van der Waals surface area contributed by atoms with Crippen molar-refractivity contribution in [3.05, 3.63) is 33.9 Å². The summed E-state index contributed by atoms with van der Waals surface area (Å²) in [5.41, 5.74) is 3.19. The first kappa shape index (κ1) is 26.3. The number of alkyl halides is 3. The molecule has 0 fully saturated rings. The maximum absolute atomic E-state index is 12.4. The third kappa shape index (κ3) is 6.30. The zero-order chi connectivity index (χ0) is 24.2. The molecule has 0 aliphatic carbocycles. The highest BCUT2D eigenvalue weighted by molar-refractivity contribution is 6.76. The van der Waals surface area contributed by atoms with Crippen LogP contribution in [0.15, 0.2) is 11.6 Å². The third-order valence-electron chi connectivity index (χ3n) is 4.92. The third-order valence-corrected chi connectivity index (χ3v) is 5.43. The van der Waals surface area contributed by atoms with Crippen LogP contribution < -0.4 is 10.1 Å². The van der Waals surface area contributed by atoms with Crippen molar-refractivity contribution < 1.29 is 28.6 Å². The van der Waals surface area contributed by atoms with Crippen molar-refractivity contribution in [2.45, 2.75) is 63.5 Å². The van der Waals surface area contributed by atoms with Crippen LogP contribution in [0.2, 0.25) is 0 Å². The van der Waals surface area contributed by atoms with E-state index in [9.17, 15) is 14.4 Å². The maximum Gasteiger partial charge on any atom is 0.341 e. The molecule has 32 heavy (non-hydrogen) atoms. The van der Waals surface area contributed by atoms with Gasteiger partial charge in [0.2, 0.25) is 0 Å². The van der Waals surface area contributed by atoms with Gasteiger partial charge >= 0.3 is 11.9 Å². The summed E-state index contributed by atoms with van der Waals surface area (Å²) in [5, 5.41) is 2.56. The Morgan fingerprint density at radius 3 is 2.47 bits per heavy atom. The number of nitrogens with one attached hydrogen (secondary N) is 1. The number of anilines is 1. The number of ether oxygens (including phenoxy) is 3. The fourth-order valence-electron chi connectivity index (χ4n) is 3.37. The molecular weight excluding hydrogens is 481 g/mol. The van der Waals surface area contributed by atoms with Gasteiger partial charge in [-0.2, -0.15) is 0 Å². The highest BCUT2D eigenvalue weighted by Crippen LogP contribution is 2.42. The molecule has 0 saturated carbocycles. The van der Waals surface area contributed by atoms with E-state index in [1.165, 1.54) is 7.11 Å². The lowest BCUT2D eigenvalue weighted by atomic mass is 9.93. The number of benzene rings is 1. The number of esters is 2. The van der Waals surface area contributed by atoms with Crippen molar-refractivity contribution >= 4 is 58.3 Å². The topological polar surface area (TPSA) is 90.9 Å². The van der Waals surface area contributed by atoms with Crippen molar-refractivity contribution in [1.29, 1.82) is 0 Å². The number of rotatable bonds is 8. The van der Waals surface area contributed by atoms with E-state index in [0.717, 1.165) is 11.1 Å². The van der Waals surface area contributed by atoms with E-state index >= 15 is 0 Å². The SMILES string of the molecule is COc1c(C)c2c(c(NC(=O)C(Cl)(Cl)Cl)c1C/C=C(\C)CCC(=O)OC(C)C)C(=O)OC2. The second kappa shape index (κ2) is 10.8. The number of carbonyl (C=O) groups is 3. The minimum absolute atomic E-state index is 0.0557. The molecule has 1 aromatic carbocycles. The Kier molecular flexibility index (Phi) is 8.85. The molecule has 0 bridgehead atoms. The number of hydrogen-bond acceptors (Lipinski definition) is 6. The summed E-state index contributed by atoms with van der Waals surface area (Å²) in [4.78, 5) is 36.7. The second-order valence-corrected chi connectivity index (χ2v) is 9.97. The summed E-state index contributed by atoms with van der Waals surface area (Å²) in [6.45, 7) is 7.33. The van der Waals surface area contributed by atoms with Crippen LogP contribution in [0.1, 0.15) is 60.7 Å². The predicted octanol–water partition coefficient (Wildman–Crippen LogP) is 5.20. The van der Waals surface area contributed by atoms with E-state index in [0.29, 0.717) is 29.7 Å². The van der Waals surface area contributed by atoms with Gasteiger partial charge in [0.25, 0.3) is 9.70 Å². The van der Waals surface area contributed by atoms with Gasteiger partial charge < -0.3 is 19.5 Å². The molecule has 7 nitrogen and oxygen atoms in total. The lowest BCUT2D eigenvalue weighted by Gasteiger charge is -2.21. The Hall–Kier alpha value is -1.96. The first-order chi connectivity index (χ1) is 14.9. The minimum atomic E-state index is -2.23. The molecule has 1 aliphatic rings. The van der Waals surface area contributed by atoms with Crippen LogP contribution in [0, 0.1) is 6.92 Å². The zero-order valence-electron chi connectivity index (χ0n) is 18.6. The van der Waals surface area contributed by atoms with E-state index in [1.54, 1.807) is 13.8 Å². The lowest BCUT2D eigenvalue weighted by molar-refractivity contribution is -0.147. The predicted molar refractivity (Wildman–Crippen MR) is 124 cm³/mol. The molecule has 1 heterocycles. The number of carbonyl (C=O) groups excluding carboxylic acids is 3. The molecule has 0 saturated heterocycles.